The van der Waals surface area contributed by atoms with Gasteiger partial charge in [0.25, 0.3) is 0 Å². The number of carbonyl (C=O) groups is 1. The first kappa shape index (κ1) is 16.2. The minimum Gasteiger partial charge on any atom is -0.350 e. The summed E-state index contributed by atoms with van der Waals surface area (Å²) in [6, 6.07) is 7.83. The van der Waals surface area contributed by atoms with E-state index in [0.29, 0.717) is 10.4 Å². The fraction of sp³-hybridized carbons (Fsp3) is 0.571. The molecule has 4 fully saturated rings. The van der Waals surface area contributed by atoms with Gasteiger partial charge in [-0.25, -0.2) is 0 Å². The Bertz CT molecular complexity index is 630. The normalized spacial score (nSPS) is 35.3. The van der Waals surface area contributed by atoms with Crippen molar-refractivity contribution in [3.05, 3.63) is 40.9 Å². The minimum absolute atomic E-state index is 0.0122. The number of hydrogen-bond acceptors (Lipinski definition) is 1. The van der Waals surface area contributed by atoms with Gasteiger partial charge in [-0.05, 0) is 92.4 Å². The van der Waals surface area contributed by atoms with Gasteiger partial charge in [0.1, 0.15) is 0 Å². The highest BCUT2D eigenvalue weighted by Gasteiger charge is 2.53. The Balaban J connectivity index is 1.41. The summed E-state index contributed by atoms with van der Waals surface area (Å²) in [4.78, 5) is 12.4. The summed E-state index contributed by atoms with van der Waals surface area (Å²) in [5, 5.41) is 3.96. The zero-order chi connectivity index (χ0) is 16.7. The summed E-state index contributed by atoms with van der Waals surface area (Å²) in [6.07, 6.45) is 11.8. The van der Waals surface area contributed by atoms with E-state index in [1.54, 1.807) is 6.08 Å². The van der Waals surface area contributed by atoms with Gasteiger partial charge in [-0.15, -0.1) is 0 Å². The third kappa shape index (κ3) is 3.13. The lowest BCUT2D eigenvalue weighted by molar-refractivity contribution is -0.121. The van der Waals surface area contributed by atoms with E-state index in [0.717, 1.165) is 23.3 Å². The fourth-order valence-corrected chi connectivity index (χ4v) is 6.10. The van der Waals surface area contributed by atoms with Crippen molar-refractivity contribution in [3.63, 3.8) is 0 Å². The SMILES string of the molecule is C[C@H](NC(=O)/C=C/c1cccc(Cl)c1)C12CC3CC(CC(C3)C1)C2. The van der Waals surface area contributed by atoms with Crippen molar-refractivity contribution >= 4 is 23.6 Å². The molecule has 0 heterocycles. The lowest BCUT2D eigenvalue weighted by Crippen LogP contribution is -2.55. The van der Waals surface area contributed by atoms with Crippen LogP contribution in [0.5, 0.6) is 0 Å². The van der Waals surface area contributed by atoms with E-state index >= 15 is 0 Å². The Morgan fingerprint density at radius 2 is 1.83 bits per heavy atom. The average molecular weight is 344 g/mol. The van der Waals surface area contributed by atoms with Crippen LogP contribution in [0.25, 0.3) is 6.08 Å². The van der Waals surface area contributed by atoms with E-state index in [-0.39, 0.29) is 11.9 Å². The van der Waals surface area contributed by atoms with Gasteiger partial charge in [0, 0.05) is 17.1 Å². The van der Waals surface area contributed by atoms with Gasteiger partial charge in [-0.2, -0.15) is 0 Å². The second-order valence-electron chi connectivity index (χ2n) is 8.40. The van der Waals surface area contributed by atoms with Crippen LogP contribution in [-0.2, 0) is 4.79 Å². The van der Waals surface area contributed by atoms with Crippen LogP contribution < -0.4 is 5.32 Å². The molecular formula is C21H26ClNO. The quantitative estimate of drug-likeness (QED) is 0.759. The average Bonchev–Trinajstić information content (AvgIpc) is 2.52. The van der Waals surface area contributed by atoms with Crippen LogP contribution in [-0.4, -0.2) is 11.9 Å². The van der Waals surface area contributed by atoms with Gasteiger partial charge in [-0.1, -0.05) is 23.7 Å². The van der Waals surface area contributed by atoms with Crippen LogP contribution in [0.4, 0.5) is 0 Å². The molecule has 128 valence electrons. The molecule has 4 bridgehead atoms. The predicted octanol–water partition coefficient (Wildman–Crippen LogP) is 5.07. The van der Waals surface area contributed by atoms with Crippen LogP contribution in [0.1, 0.15) is 51.0 Å². The molecule has 4 saturated carbocycles. The maximum Gasteiger partial charge on any atom is 0.244 e. The standard InChI is InChI=1S/C21H26ClNO/c1-14(21-11-16-7-17(12-21)9-18(8-16)13-21)23-20(24)6-5-15-3-2-4-19(22)10-15/h2-6,10,14,16-18H,7-9,11-13H2,1H3,(H,23,24)/b6-5+/t14-,16?,17?,18?,21?/m0/s1. The van der Waals surface area contributed by atoms with Crippen molar-refractivity contribution < 1.29 is 4.79 Å². The zero-order valence-electron chi connectivity index (χ0n) is 14.3. The van der Waals surface area contributed by atoms with E-state index in [2.05, 4.69) is 12.2 Å². The molecule has 0 unspecified atom stereocenters. The molecule has 0 radical (unpaired) electrons. The number of hydrogen-bond donors (Lipinski definition) is 1. The molecule has 1 amide bonds. The van der Waals surface area contributed by atoms with E-state index in [9.17, 15) is 4.79 Å². The zero-order valence-corrected chi connectivity index (χ0v) is 15.1. The molecule has 0 aliphatic heterocycles. The molecule has 1 aromatic carbocycles. The third-order valence-corrected chi connectivity index (χ3v) is 6.87. The minimum atomic E-state index is 0.0122. The number of carbonyl (C=O) groups excluding carboxylic acids is 1. The molecule has 0 spiro atoms. The van der Waals surface area contributed by atoms with Crippen molar-refractivity contribution in [1.82, 2.24) is 5.32 Å². The van der Waals surface area contributed by atoms with Crippen LogP contribution in [0, 0.1) is 23.2 Å². The molecule has 2 nitrogen and oxygen atoms in total. The molecule has 1 aromatic rings. The van der Waals surface area contributed by atoms with Gasteiger partial charge in [0.2, 0.25) is 5.91 Å². The maximum absolute atomic E-state index is 12.4. The second kappa shape index (κ2) is 6.22. The number of rotatable bonds is 4. The van der Waals surface area contributed by atoms with Gasteiger partial charge >= 0.3 is 0 Å². The van der Waals surface area contributed by atoms with Gasteiger partial charge < -0.3 is 5.32 Å². The van der Waals surface area contributed by atoms with E-state index in [4.69, 9.17) is 11.6 Å². The number of nitrogens with one attached hydrogen (secondary N) is 1. The highest BCUT2D eigenvalue weighted by atomic mass is 35.5. The van der Waals surface area contributed by atoms with Crippen LogP contribution >= 0.6 is 11.6 Å². The first-order chi connectivity index (χ1) is 11.5. The molecular weight excluding hydrogens is 318 g/mol. The van der Waals surface area contributed by atoms with E-state index < -0.39 is 0 Å². The van der Waals surface area contributed by atoms with Crippen molar-refractivity contribution in [3.8, 4) is 0 Å². The lowest BCUT2D eigenvalue weighted by atomic mass is 9.48. The molecule has 0 saturated heterocycles. The van der Waals surface area contributed by atoms with Crippen molar-refractivity contribution in [2.75, 3.05) is 0 Å². The van der Waals surface area contributed by atoms with Gasteiger partial charge in [-0.3, -0.25) is 4.79 Å². The summed E-state index contributed by atoms with van der Waals surface area (Å²) in [7, 11) is 0. The molecule has 1 N–H and O–H groups in total. The Labute approximate surface area is 149 Å². The molecule has 1 atom stereocenters. The fourth-order valence-electron chi connectivity index (χ4n) is 5.90. The van der Waals surface area contributed by atoms with Gasteiger partial charge in [0.05, 0.1) is 0 Å². The molecule has 4 aliphatic carbocycles. The topological polar surface area (TPSA) is 29.1 Å². The second-order valence-corrected chi connectivity index (χ2v) is 8.83. The first-order valence-corrected chi connectivity index (χ1v) is 9.64. The van der Waals surface area contributed by atoms with Crippen molar-refractivity contribution in [2.24, 2.45) is 23.2 Å². The number of amides is 1. The predicted molar refractivity (Wildman–Crippen MR) is 98.7 cm³/mol. The Morgan fingerprint density at radius 1 is 1.21 bits per heavy atom. The molecule has 24 heavy (non-hydrogen) atoms. The number of halogens is 1. The van der Waals surface area contributed by atoms with E-state index in [1.807, 2.05) is 30.3 Å². The number of benzene rings is 1. The largest absolute Gasteiger partial charge is 0.350 e. The van der Waals surface area contributed by atoms with Gasteiger partial charge in [0.15, 0.2) is 0 Å². The monoisotopic (exact) mass is 343 g/mol. The van der Waals surface area contributed by atoms with Crippen molar-refractivity contribution in [2.45, 2.75) is 51.5 Å². The van der Waals surface area contributed by atoms with Crippen LogP contribution in [0.3, 0.4) is 0 Å². The summed E-state index contributed by atoms with van der Waals surface area (Å²) in [5.74, 6) is 2.76. The van der Waals surface area contributed by atoms with Crippen LogP contribution in [0.2, 0.25) is 5.02 Å². The third-order valence-electron chi connectivity index (χ3n) is 6.64. The highest BCUT2D eigenvalue weighted by molar-refractivity contribution is 6.30. The summed E-state index contributed by atoms with van der Waals surface area (Å²) in [5.41, 5.74) is 1.31. The molecule has 4 aliphatic rings. The molecule has 5 rings (SSSR count). The van der Waals surface area contributed by atoms with Crippen molar-refractivity contribution in [1.29, 1.82) is 0 Å². The smallest absolute Gasteiger partial charge is 0.244 e. The first-order valence-electron chi connectivity index (χ1n) is 9.26. The van der Waals surface area contributed by atoms with E-state index in [1.165, 1.54) is 38.5 Å². The maximum atomic E-state index is 12.4. The Kier molecular flexibility index (Phi) is 4.20. The molecule has 3 heteroatoms. The summed E-state index contributed by atoms with van der Waals surface area (Å²) < 4.78 is 0. The van der Waals surface area contributed by atoms with Crippen LogP contribution in [0.15, 0.2) is 30.3 Å². The molecule has 0 aromatic heterocycles. The summed E-state index contributed by atoms with van der Waals surface area (Å²) >= 11 is 5.99. The summed E-state index contributed by atoms with van der Waals surface area (Å²) in [6.45, 7) is 2.22. The lowest BCUT2D eigenvalue weighted by Gasteiger charge is -2.59. The Hall–Kier alpha value is -1.28. The highest BCUT2D eigenvalue weighted by Crippen LogP contribution is 2.61. The Morgan fingerprint density at radius 3 is 2.42 bits per heavy atom.